The first-order valence-electron chi connectivity index (χ1n) is 9.75. The van der Waals surface area contributed by atoms with E-state index in [2.05, 4.69) is 10.5 Å². The Kier molecular flexibility index (Phi) is 4.55. The zero-order valence-corrected chi connectivity index (χ0v) is 16.1. The molecule has 1 aliphatic heterocycles. The number of carbonyl (C=O) groups excluding carboxylic acids is 2. The van der Waals surface area contributed by atoms with Crippen molar-refractivity contribution in [1.82, 2.24) is 10.5 Å². The Bertz CT molecular complexity index is 1180. The first-order valence-corrected chi connectivity index (χ1v) is 9.75. The quantitative estimate of drug-likeness (QED) is 0.550. The number of furan rings is 1. The van der Waals surface area contributed by atoms with Crippen molar-refractivity contribution in [2.45, 2.75) is 13.0 Å². The number of carbonyl (C=O) groups is 2. The van der Waals surface area contributed by atoms with Gasteiger partial charge in [0.1, 0.15) is 11.3 Å². The summed E-state index contributed by atoms with van der Waals surface area (Å²) in [5, 5.41) is 7.84. The Morgan fingerprint density at radius 2 is 1.87 bits per heavy atom. The minimum absolute atomic E-state index is 0.0463. The summed E-state index contributed by atoms with van der Waals surface area (Å²) >= 11 is 0. The summed E-state index contributed by atoms with van der Waals surface area (Å²) in [6.45, 7) is 0.594. The minimum Gasteiger partial charge on any atom is -0.453 e. The van der Waals surface area contributed by atoms with Crippen LogP contribution in [0.25, 0.3) is 22.5 Å². The van der Waals surface area contributed by atoms with E-state index in [9.17, 15) is 9.59 Å². The van der Waals surface area contributed by atoms with Gasteiger partial charge < -0.3 is 19.2 Å². The third-order valence-electron chi connectivity index (χ3n) is 5.23. The van der Waals surface area contributed by atoms with Gasteiger partial charge in [0.15, 0.2) is 5.76 Å². The number of nitrogens with zero attached hydrogens (tertiary/aromatic N) is 2. The lowest BCUT2D eigenvalue weighted by Gasteiger charge is -2.16. The molecule has 4 aromatic rings. The standard InChI is InChI=1S/C23H19N3O4/c27-22-11-16(14-26(22)18-7-2-1-3-8-18)23(28)24-13-17-12-21(30-25-17)20-10-15-6-4-5-9-19(15)29-20/h1-10,12,16H,11,13-14H2,(H,24,28)/t16-/m0/s1. The van der Waals surface area contributed by atoms with E-state index in [-0.39, 0.29) is 30.7 Å². The zero-order chi connectivity index (χ0) is 20.5. The third-order valence-corrected chi connectivity index (χ3v) is 5.23. The summed E-state index contributed by atoms with van der Waals surface area (Å²) in [6, 6.07) is 20.7. The van der Waals surface area contributed by atoms with Crippen molar-refractivity contribution < 1.29 is 18.5 Å². The van der Waals surface area contributed by atoms with Crippen molar-refractivity contribution in [3.8, 4) is 11.5 Å². The smallest absolute Gasteiger partial charge is 0.227 e. The number of nitrogens with one attached hydrogen (secondary N) is 1. The highest BCUT2D eigenvalue weighted by molar-refractivity contribution is 6.00. The normalized spacial score (nSPS) is 16.3. The third kappa shape index (κ3) is 3.45. The van der Waals surface area contributed by atoms with Gasteiger partial charge in [-0.15, -0.1) is 0 Å². The Labute approximate surface area is 172 Å². The first-order chi connectivity index (χ1) is 14.7. The minimum atomic E-state index is -0.389. The fraction of sp³-hybridized carbons (Fsp3) is 0.174. The molecule has 2 aromatic carbocycles. The number of fused-ring (bicyclic) bond motifs is 1. The van der Waals surface area contributed by atoms with Crippen LogP contribution in [0.15, 0.2) is 75.7 Å². The van der Waals surface area contributed by atoms with Crippen LogP contribution in [0.3, 0.4) is 0 Å². The highest BCUT2D eigenvalue weighted by atomic mass is 16.5. The number of benzene rings is 2. The molecule has 0 bridgehead atoms. The Balaban J connectivity index is 1.21. The molecule has 7 nitrogen and oxygen atoms in total. The van der Waals surface area contributed by atoms with E-state index in [0.29, 0.717) is 23.8 Å². The Hall–Kier alpha value is -3.87. The number of hydrogen-bond acceptors (Lipinski definition) is 5. The van der Waals surface area contributed by atoms with Crippen LogP contribution in [0.4, 0.5) is 5.69 Å². The number of hydrogen-bond donors (Lipinski definition) is 1. The van der Waals surface area contributed by atoms with Gasteiger partial charge in [-0.1, -0.05) is 41.6 Å². The van der Waals surface area contributed by atoms with Gasteiger partial charge in [0, 0.05) is 30.1 Å². The lowest BCUT2D eigenvalue weighted by Crippen LogP contribution is -2.32. The number of para-hydroxylation sites is 2. The maximum Gasteiger partial charge on any atom is 0.227 e. The molecular weight excluding hydrogens is 382 g/mol. The molecule has 1 atom stereocenters. The van der Waals surface area contributed by atoms with E-state index >= 15 is 0 Å². The Morgan fingerprint density at radius 1 is 1.07 bits per heavy atom. The molecule has 2 aromatic heterocycles. The van der Waals surface area contributed by atoms with Gasteiger partial charge in [-0.2, -0.15) is 0 Å². The SMILES string of the molecule is O=C(NCc1cc(-c2cc3ccccc3o2)on1)[C@H]1CC(=O)N(c2ccccc2)C1. The predicted octanol–water partition coefficient (Wildman–Crippen LogP) is 3.76. The van der Waals surface area contributed by atoms with Gasteiger partial charge in [-0.05, 0) is 24.3 Å². The molecule has 3 heterocycles. The summed E-state index contributed by atoms with van der Waals surface area (Å²) in [7, 11) is 0. The van der Waals surface area contributed by atoms with Gasteiger partial charge in [0.2, 0.25) is 17.6 Å². The van der Waals surface area contributed by atoms with Gasteiger partial charge in [-0.3, -0.25) is 9.59 Å². The van der Waals surface area contributed by atoms with Crippen LogP contribution in [0, 0.1) is 5.92 Å². The molecule has 1 fully saturated rings. The van der Waals surface area contributed by atoms with Crippen LogP contribution in [-0.4, -0.2) is 23.5 Å². The van der Waals surface area contributed by atoms with Crippen LogP contribution < -0.4 is 10.2 Å². The monoisotopic (exact) mass is 401 g/mol. The molecule has 30 heavy (non-hydrogen) atoms. The van der Waals surface area contributed by atoms with E-state index < -0.39 is 0 Å². The number of rotatable bonds is 5. The van der Waals surface area contributed by atoms with E-state index in [0.717, 1.165) is 16.7 Å². The van der Waals surface area contributed by atoms with E-state index in [1.165, 1.54) is 0 Å². The van der Waals surface area contributed by atoms with E-state index in [1.54, 1.807) is 11.0 Å². The maximum atomic E-state index is 12.6. The number of anilines is 1. The fourth-order valence-corrected chi connectivity index (χ4v) is 3.68. The van der Waals surface area contributed by atoms with Crippen LogP contribution in [0.2, 0.25) is 0 Å². The van der Waals surface area contributed by atoms with Crippen molar-refractivity contribution >= 4 is 28.5 Å². The lowest BCUT2D eigenvalue weighted by molar-refractivity contribution is -0.126. The lowest BCUT2D eigenvalue weighted by atomic mass is 10.1. The highest BCUT2D eigenvalue weighted by Crippen LogP contribution is 2.28. The van der Waals surface area contributed by atoms with Gasteiger partial charge in [-0.25, -0.2) is 0 Å². The largest absolute Gasteiger partial charge is 0.453 e. The fourth-order valence-electron chi connectivity index (χ4n) is 3.68. The van der Waals surface area contributed by atoms with Crippen LogP contribution in [0.5, 0.6) is 0 Å². The van der Waals surface area contributed by atoms with Crippen LogP contribution >= 0.6 is 0 Å². The molecule has 2 amide bonds. The van der Waals surface area contributed by atoms with Crippen LogP contribution in [0.1, 0.15) is 12.1 Å². The molecule has 7 heteroatoms. The van der Waals surface area contributed by atoms with E-state index in [4.69, 9.17) is 8.94 Å². The van der Waals surface area contributed by atoms with Crippen molar-refractivity contribution in [1.29, 1.82) is 0 Å². The molecule has 5 rings (SSSR count). The summed E-state index contributed by atoms with van der Waals surface area (Å²) in [5.74, 6) is 0.479. The predicted molar refractivity (Wildman–Crippen MR) is 110 cm³/mol. The van der Waals surface area contributed by atoms with E-state index in [1.807, 2.05) is 60.7 Å². The molecule has 1 N–H and O–H groups in total. The first kappa shape index (κ1) is 18.2. The van der Waals surface area contributed by atoms with Gasteiger partial charge in [0.05, 0.1) is 12.5 Å². The van der Waals surface area contributed by atoms with Gasteiger partial charge in [0.25, 0.3) is 0 Å². The van der Waals surface area contributed by atoms with Crippen molar-refractivity contribution in [3.05, 3.63) is 72.4 Å². The van der Waals surface area contributed by atoms with Gasteiger partial charge >= 0.3 is 0 Å². The summed E-state index contributed by atoms with van der Waals surface area (Å²) in [5.41, 5.74) is 2.17. The highest BCUT2D eigenvalue weighted by Gasteiger charge is 2.35. The number of aromatic nitrogens is 1. The van der Waals surface area contributed by atoms with Crippen molar-refractivity contribution in [2.75, 3.05) is 11.4 Å². The Morgan fingerprint density at radius 3 is 2.70 bits per heavy atom. The molecule has 0 saturated carbocycles. The molecule has 0 unspecified atom stereocenters. The summed E-state index contributed by atoms with van der Waals surface area (Å²) < 4.78 is 11.1. The second-order valence-corrected chi connectivity index (χ2v) is 7.29. The number of amides is 2. The van der Waals surface area contributed by atoms with Crippen LogP contribution in [-0.2, 0) is 16.1 Å². The average Bonchev–Trinajstić information content (AvgIpc) is 3.50. The average molecular weight is 401 g/mol. The molecule has 0 aliphatic carbocycles. The zero-order valence-electron chi connectivity index (χ0n) is 16.1. The molecule has 0 spiro atoms. The molecule has 1 saturated heterocycles. The topological polar surface area (TPSA) is 88.6 Å². The van der Waals surface area contributed by atoms with Crippen molar-refractivity contribution in [3.63, 3.8) is 0 Å². The second kappa shape index (κ2) is 7.51. The maximum absolute atomic E-state index is 12.6. The molecular formula is C23H19N3O4. The molecule has 150 valence electrons. The summed E-state index contributed by atoms with van der Waals surface area (Å²) in [4.78, 5) is 26.5. The molecule has 0 radical (unpaired) electrons. The molecule has 1 aliphatic rings. The van der Waals surface area contributed by atoms with Crippen molar-refractivity contribution in [2.24, 2.45) is 5.92 Å². The summed E-state index contributed by atoms with van der Waals surface area (Å²) in [6.07, 6.45) is 0.198. The second-order valence-electron chi connectivity index (χ2n) is 7.29.